The van der Waals surface area contributed by atoms with Gasteiger partial charge in [0, 0.05) is 13.7 Å². The monoisotopic (exact) mass is 209 g/mol. The first-order chi connectivity index (χ1) is 7.13. The SMILES string of the molecule is COc1cc(C)c(C(CN)OC)c(C)c1. The molecule has 1 aromatic rings. The number of nitrogens with two attached hydrogens (primary N) is 1. The van der Waals surface area contributed by atoms with Gasteiger partial charge in [-0.1, -0.05) is 0 Å². The third-order valence-corrected chi connectivity index (χ3v) is 2.62. The second-order valence-corrected chi connectivity index (χ2v) is 3.63. The van der Waals surface area contributed by atoms with Crippen LogP contribution < -0.4 is 10.5 Å². The summed E-state index contributed by atoms with van der Waals surface area (Å²) in [5, 5.41) is 0. The quantitative estimate of drug-likeness (QED) is 0.824. The van der Waals surface area contributed by atoms with Crippen molar-refractivity contribution in [1.29, 1.82) is 0 Å². The predicted molar refractivity (Wildman–Crippen MR) is 61.3 cm³/mol. The van der Waals surface area contributed by atoms with Crippen molar-refractivity contribution in [2.75, 3.05) is 20.8 Å². The van der Waals surface area contributed by atoms with E-state index in [-0.39, 0.29) is 6.10 Å². The molecule has 0 fully saturated rings. The molecule has 0 aliphatic rings. The Morgan fingerprint density at radius 1 is 1.20 bits per heavy atom. The van der Waals surface area contributed by atoms with Gasteiger partial charge in [0.05, 0.1) is 13.2 Å². The van der Waals surface area contributed by atoms with Gasteiger partial charge in [-0.15, -0.1) is 0 Å². The van der Waals surface area contributed by atoms with E-state index in [9.17, 15) is 0 Å². The maximum absolute atomic E-state index is 5.67. The van der Waals surface area contributed by atoms with Gasteiger partial charge in [0.1, 0.15) is 5.75 Å². The smallest absolute Gasteiger partial charge is 0.119 e. The van der Waals surface area contributed by atoms with E-state index in [1.807, 2.05) is 26.0 Å². The van der Waals surface area contributed by atoms with Crippen LogP contribution in [0.1, 0.15) is 22.8 Å². The van der Waals surface area contributed by atoms with Crippen molar-refractivity contribution in [3.63, 3.8) is 0 Å². The van der Waals surface area contributed by atoms with Gasteiger partial charge in [-0.05, 0) is 42.7 Å². The van der Waals surface area contributed by atoms with Gasteiger partial charge in [0.25, 0.3) is 0 Å². The zero-order valence-electron chi connectivity index (χ0n) is 9.83. The van der Waals surface area contributed by atoms with Crippen LogP contribution in [0.15, 0.2) is 12.1 Å². The lowest BCUT2D eigenvalue weighted by molar-refractivity contribution is 0.109. The van der Waals surface area contributed by atoms with E-state index in [0.717, 1.165) is 16.9 Å². The van der Waals surface area contributed by atoms with Gasteiger partial charge in [-0.2, -0.15) is 0 Å². The number of hydrogen-bond acceptors (Lipinski definition) is 3. The van der Waals surface area contributed by atoms with Crippen molar-refractivity contribution in [2.45, 2.75) is 20.0 Å². The molecule has 0 saturated carbocycles. The minimum absolute atomic E-state index is 0.0316. The summed E-state index contributed by atoms with van der Waals surface area (Å²) in [7, 11) is 3.35. The van der Waals surface area contributed by atoms with Crippen LogP contribution in [-0.4, -0.2) is 20.8 Å². The molecule has 0 aliphatic carbocycles. The molecule has 0 radical (unpaired) electrons. The van der Waals surface area contributed by atoms with Crippen molar-refractivity contribution in [3.05, 3.63) is 28.8 Å². The van der Waals surface area contributed by atoms with E-state index in [0.29, 0.717) is 6.54 Å². The molecular weight excluding hydrogens is 190 g/mol. The molecule has 15 heavy (non-hydrogen) atoms. The van der Waals surface area contributed by atoms with Gasteiger partial charge in [0.2, 0.25) is 0 Å². The highest BCUT2D eigenvalue weighted by molar-refractivity contribution is 5.42. The number of rotatable bonds is 4. The van der Waals surface area contributed by atoms with Gasteiger partial charge >= 0.3 is 0 Å². The fourth-order valence-electron chi connectivity index (χ4n) is 1.89. The molecule has 0 saturated heterocycles. The summed E-state index contributed by atoms with van der Waals surface area (Å²) < 4.78 is 10.6. The van der Waals surface area contributed by atoms with Crippen molar-refractivity contribution in [1.82, 2.24) is 0 Å². The third kappa shape index (κ3) is 2.49. The number of methoxy groups -OCH3 is 2. The molecule has 3 nitrogen and oxygen atoms in total. The Labute approximate surface area is 91.2 Å². The Bertz CT molecular complexity index is 309. The van der Waals surface area contributed by atoms with Crippen LogP contribution in [0.3, 0.4) is 0 Å². The Morgan fingerprint density at radius 3 is 2.07 bits per heavy atom. The molecule has 1 rings (SSSR count). The van der Waals surface area contributed by atoms with Crippen LogP contribution in [0.4, 0.5) is 0 Å². The minimum Gasteiger partial charge on any atom is -0.497 e. The van der Waals surface area contributed by atoms with E-state index >= 15 is 0 Å². The van der Waals surface area contributed by atoms with Crippen LogP contribution in [-0.2, 0) is 4.74 Å². The maximum atomic E-state index is 5.67. The highest BCUT2D eigenvalue weighted by Crippen LogP contribution is 2.27. The lowest BCUT2D eigenvalue weighted by atomic mass is 9.97. The number of hydrogen-bond donors (Lipinski definition) is 1. The van der Waals surface area contributed by atoms with Crippen LogP contribution in [0.2, 0.25) is 0 Å². The van der Waals surface area contributed by atoms with Crippen LogP contribution >= 0.6 is 0 Å². The predicted octanol–water partition coefficient (Wildman–Crippen LogP) is 1.96. The maximum Gasteiger partial charge on any atom is 0.119 e. The molecule has 0 amide bonds. The molecule has 0 aliphatic heterocycles. The summed E-state index contributed by atoms with van der Waals surface area (Å²) in [6.07, 6.45) is -0.0316. The standard InChI is InChI=1S/C12H19NO2/c1-8-5-10(14-3)6-9(2)12(8)11(7-13)15-4/h5-6,11H,7,13H2,1-4H3. The van der Waals surface area contributed by atoms with Crippen LogP contribution in [0, 0.1) is 13.8 Å². The average Bonchev–Trinajstić information content (AvgIpc) is 2.23. The summed E-state index contributed by atoms with van der Waals surface area (Å²) in [6.45, 7) is 4.59. The molecule has 1 atom stereocenters. The second kappa shape index (κ2) is 5.14. The molecule has 0 bridgehead atoms. The zero-order valence-corrected chi connectivity index (χ0v) is 9.83. The molecule has 1 aromatic carbocycles. The summed E-state index contributed by atoms with van der Waals surface area (Å²) in [6, 6.07) is 4.01. The fourth-order valence-corrected chi connectivity index (χ4v) is 1.89. The van der Waals surface area contributed by atoms with E-state index < -0.39 is 0 Å². The lowest BCUT2D eigenvalue weighted by Gasteiger charge is -2.19. The second-order valence-electron chi connectivity index (χ2n) is 3.63. The van der Waals surface area contributed by atoms with Crippen molar-refractivity contribution >= 4 is 0 Å². The Hall–Kier alpha value is -1.06. The fraction of sp³-hybridized carbons (Fsp3) is 0.500. The van der Waals surface area contributed by atoms with Gasteiger partial charge in [0.15, 0.2) is 0 Å². The van der Waals surface area contributed by atoms with Gasteiger partial charge in [-0.3, -0.25) is 0 Å². The molecule has 0 aromatic heterocycles. The topological polar surface area (TPSA) is 44.5 Å². The Kier molecular flexibility index (Phi) is 4.12. The third-order valence-electron chi connectivity index (χ3n) is 2.62. The minimum atomic E-state index is -0.0316. The average molecular weight is 209 g/mol. The molecule has 84 valence electrons. The summed E-state index contributed by atoms with van der Waals surface area (Å²) in [5.41, 5.74) is 9.15. The Morgan fingerprint density at radius 2 is 1.73 bits per heavy atom. The first-order valence-corrected chi connectivity index (χ1v) is 5.02. The first kappa shape index (κ1) is 12.0. The zero-order chi connectivity index (χ0) is 11.4. The Balaban J connectivity index is 3.18. The normalized spacial score (nSPS) is 12.6. The first-order valence-electron chi connectivity index (χ1n) is 5.02. The molecule has 2 N–H and O–H groups in total. The van der Waals surface area contributed by atoms with Crippen LogP contribution in [0.25, 0.3) is 0 Å². The summed E-state index contributed by atoms with van der Waals surface area (Å²) in [5.74, 6) is 0.876. The largest absolute Gasteiger partial charge is 0.497 e. The van der Waals surface area contributed by atoms with E-state index in [1.54, 1.807) is 14.2 Å². The van der Waals surface area contributed by atoms with E-state index in [1.165, 1.54) is 5.56 Å². The van der Waals surface area contributed by atoms with Crippen molar-refractivity contribution < 1.29 is 9.47 Å². The van der Waals surface area contributed by atoms with E-state index in [2.05, 4.69) is 0 Å². The van der Waals surface area contributed by atoms with Gasteiger partial charge < -0.3 is 15.2 Å². The highest BCUT2D eigenvalue weighted by Gasteiger charge is 2.14. The molecular formula is C12H19NO2. The van der Waals surface area contributed by atoms with Gasteiger partial charge in [-0.25, -0.2) is 0 Å². The number of benzene rings is 1. The number of ether oxygens (including phenoxy) is 2. The lowest BCUT2D eigenvalue weighted by Crippen LogP contribution is -2.16. The van der Waals surface area contributed by atoms with Crippen LogP contribution in [0.5, 0.6) is 5.75 Å². The highest BCUT2D eigenvalue weighted by atomic mass is 16.5. The summed E-state index contributed by atoms with van der Waals surface area (Å²) in [4.78, 5) is 0. The molecule has 1 unspecified atom stereocenters. The number of aryl methyl sites for hydroxylation is 2. The van der Waals surface area contributed by atoms with Crippen molar-refractivity contribution in [3.8, 4) is 5.75 Å². The molecule has 0 heterocycles. The van der Waals surface area contributed by atoms with E-state index in [4.69, 9.17) is 15.2 Å². The summed E-state index contributed by atoms with van der Waals surface area (Å²) >= 11 is 0. The molecule has 0 spiro atoms. The molecule has 3 heteroatoms. The van der Waals surface area contributed by atoms with Crippen molar-refractivity contribution in [2.24, 2.45) is 5.73 Å².